The molecular formula is C21H20N4O5. The third-order valence-electron chi connectivity index (χ3n) is 4.95. The Labute approximate surface area is 172 Å². The van der Waals surface area contributed by atoms with Crippen LogP contribution in [-0.4, -0.2) is 53.5 Å². The largest absolute Gasteiger partial charge is 0.491 e. The lowest BCUT2D eigenvalue weighted by atomic mass is 10.1. The topological polar surface area (TPSA) is 96.7 Å². The lowest BCUT2D eigenvalue weighted by Crippen LogP contribution is -2.33. The summed E-state index contributed by atoms with van der Waals surface area (Å²) in [6.45, 7) is 2.04. The van der Waals surface area contributed by atoms with Crippen molar-refractivity contribution in [3.63, 3.8) is 0 Å². The minimum atomic E-state index is -0.260. The van der Waals surface area contributed by atoms with Crippen LogP contribution in [-0.2, 0) is 11.3 Å². The van der Waals surface area contributed by atoms with Gasteiger partial charge in [0.1, 0.15) is 19.0 Å². The quantitative estimate of drug-likeness (QED) is 0.708. The number of pyridine rings is 1. The van der Waals surface area contributed by atoms with Crippen LogP contribution in [0.2, 0.25) is 0 Å². The summed E-state index contributed by atoms with van der Waals surface area (Å²) in [5.41, 5.74) is 2.77. The maximum absolute atomic E-state index is 12.9. The van der Waals surface area contributed by atoms with E-state index in [-0.39, 0.29) is 12.0 Å². The zero-order chi connectivity index (χ0) is 20.5. The third-order valence-corrected chi connectivity index (χ3v) is 4.95. The fraction of sp³-hybridized carbons (Fsp3) is 0.286. The number of anilines is 1. The molecule has 0 bridgehead atoms. The molecule has 9 heteroatoms. The van der Waals surface area contributed by atoms with Crippen LogP contribution in [0.3, 0.4) is 0 Å². The normalized spacial score (nSPS) is 16.6. The van der Waals surface area contributed by atoms with Crippen molar-refractivity contribution < 1.29 is 23.7 Å². The summed E-state index contributed by atoms with van der Waals surface area (Å²) in [4.78, 5) is 21.3. The Hall–Kier alpha value is -3.59. The molecule has 0 radical (unpaired) electrons. The minimum Gasteiger partial charge on any atom is -0.491 e. The number of ether oxygens (including phenoxy) is 4. The number of nitrogens with one attached hydrogen (secondary N) is 1. The summed E-state index contributed by atoms with van der Waals surface area (Å²) in [5, 5.41) is 2.86. The average molecular weight is 408 g/mol. The molecule has 0 saturated carbocycles. The molecule has 30 heavy (non-hydrogen) atoms. The van der Waals surface area contributed by atoms with Gasteiger partial charge in [0.25, 0.3) is 11.8 Å². The molecule has 1 amide bonds. The van der Waals surface area contributed by atoms with Gasteiger partial charge in [-0.3, -0.25) is 4.79 Å². The van der Waals surface area contributed by atoms with Crippen LogP contribution in [0.1, 0.15) is 10.4 Å². The molecule has 2 aliphatic rings. The average Bonchev–Trinajstić information content (AvgIpc) is 3.15. The number of hydrogen-bond donors (Lipinski definition) is 1. The number of carbonyl (C=O) groups is 1. The van der Waals surface area contributed by atoms with Crippen LogP contribution in [0.4, 0.5) is 5.69 Å². The number of aromatic nitrogens is 3. The van der Waals surface area contributed by atoms with E-state index >= 15 is 0 Å². The molecule has 154 valence electrons. The van der Waals surface area contributed by atoms with Gasteiger partial charge in [-0.1, -0.05) is 0 Å². The van der Waals surface area contributed by atoms with Crippen LogP contribution in [0.25, 0.3) is 11.3 Å². The maximum Gasteiger partial charge on any atom is 0.257 e. The van der Waals surface area contributed by atoms with E-state index in [1.807, 2.05) is 16.7 Å². The molecule has 2 aromatic heterocycles. The van der Waals surface area contributed by atoms with Gasteiger partial charge < -0.3 is 28.8 Å². The van der Waals surface area contributed by atoms with Crippen molar-refractivity contribution in [2.45, 2.75) is 12.6 Å². The van der Waals surface area contributed by atoms with Gasteiger partial charge in [0, 0.05) is 24.3 Å². The van der Waals surface area contributed by atoms with Crippen molar-refractivity contribution in [3.05, 3.63) is 48.5 Å². The number of hydrogen-bond acceptors (Lipinski definition) is 7. The summed E-state index contributed by atoms with van der Waals surface area (Å²) >= 11 is 0. The highest BCUT2D eigenvalue weighted by Crippen LogP contribution is 2.34. The van der Waals surface area contributed by atoms with E-state index in [4.69, 9.17) is 18.9 Å². The minimum absolute atomic E-state index is 0.203. The molecule has 1 aromatic carbocycles. The number of nitrogens with zero attached hydrogens (tertiary/aromatic N) is 3. The highest BCUT2D eigenvalue weighted by atomic mass is 16.6. The van der Waals surface area contributed by atoms with Crippen molar-refractivity contribution in [2.75, 3.05) is 32.2 Å². The highest BCUT2D eigenvalue weighted by Gasteiger charge is 2.23. The highest BCUT2D eigenvalue weighted by molar-refractivity contribution is 6.05. The van der Waals surface area contributed by atoms with Gasteiger partial charge >= 0.3 is 0 Å². The molecule has 0 aliphatic carbocycles. The molecule has 2 aliphatic heterocycles. The molecule has 9 nitrogen and oxygen atoms in total. The van der Waals surface area contributed by atoms with E-state index in [0.717, 1.165) is 17.0 Å². The first-order chi connectivity index (χ1) is 14.7. The first kappa shape index (κ1) is 18.4. The molecule has 3 aromatic rings. The summed E-state index contributed by atoms with van der Waals surface area (Å²) in [5.74, 6) is 1.34. The van der Waals surface area contributed by atoms with Gasteiger partial charge in [0.15, 0.2) is 11.9 Å². The molecule has 1 unspecified atom stereocenters. The van der Waals surface area contributed by atoms with Gasteiger partial charge in [-0.2, -0.15) is 0 Å². The van der Waals surface area contributed by atoms with Crippen LogP contribution in [0, 0.1) is 0 Å². The van der Waals surface area contributed by atoms with Gasteiger partial charge in [0.05, 0.1) is 43.3 Å². The standard InChI is InChI=1S/C21H20N4O5/c1-27-10-15-11-29-19-7-14(8-23-21(19)30-15)24-20(26)13-2-3-18-16(6-13)17-9-22-12-25(17)4-5-28-18/h2-3,6-9,12,15H,4-5,10-11H2,1H3,(H,24,26). The Morgan fingerprint density at radius 3 is 3.10 bits per heavy atom. The van der Waals surface area contributed by atoms with Gasteiger partial charge in [-0.05, 0) is 18.2 Å². The van der Waals surface area contributed by atoms with Crippen molar-refractivity contribution in [2.24, 2.45) is 0 Å². The van der Waals surface area contributed by atoms with Crippen LogP contribution < -0.4 is 19.5 Å². The predicted molar refractivity (Wildman–Crippen MR) is 107 cm³/mol. The molecule has 0 spiro atoms. The number of imidazole rings is 1. The Kier molecular flexibility index (Phi) is 4.72. The van der Waals surface area contributed by atoms with Gasteiger partial charge in [-0.25, -0.2) is 9.97 Å². The summed E-state index contributed by atoms with van der Waals surface area (Å²) in [6, 6.07) is 7.06. The molecule has 0 fully saturated rings. The zero-order valence-corrected chi connectivity index (χ0v) is 16.3. The van der Waals surface area contributed by atoms with E-state index in [2.05, 4.69) is 15.3 Å². The second-order valence-electron chi connectivity index (χ2n) is 7.02. The fourth-order valence-electron chi connectivity index (χ4n) is 3.51. The van der Waals surface area contributed by atoms with Crippen LogP contribution >= 0.6 is 0 Å². The van der Waals surface area contributed by atoms with Crippen molar-refractivity contribution >= 4 is 11.6 Å². The first-order valence-electron chi connectivity index (χ1n) is 9.58. The molecule has 1 atom stereocenters. The lowest BCUT2D eigenvalue weighted by Gasteiger charge is -2.25. The van der Waals surface area contributed by atoms with Crippen LogP contribution in [0.15, 0.2) is 43.0 Å². The summed E-state index contributed by atoms with van der Waals surface area (Å²) in [6.07, 6.45) is 4.87. The SMILES string of the molecule is COCC1COc2cc(NC(=O)c3ccc4c(c3)-c3cncn3CCO4)cnc2O1. The Morgan fingerprint density at radius 2 is 2.20 bits per heavy atom. The smallest absolute Gasteiger partial charge is 0.257 e. The molecule has 0 saturated heterocycles. The second-order valence-corrected chi connectivity index (χ2v) is 7.02. The van der Waals surface area contributed by atoms with E-state index in [1.54, 1.807) is 31.8 Å². The van der Waals surface area contributed by atoms with Gasteiger partial charge in [0.2, 0.25) is 0 Å². The number of rotatable bonds is 4. The van der Waals surface area contributed by atoms with E-state index < -0.39 is 0 Å². The van der Waals surface area contributed by atoms with Crippen molar-refractivity contribution in [1.29, 1.82) is 0 Å². The summed E-state index contributed by atoms with van der Waals surface area (Å²) < 4.78 is 24.3. The zero-order valence-electron chi connectivity index (χ0n) is 16.3. The number of carbonyl (C=O) groups excluding carboxylic acids is 1. The molecular weight excluding hydrogens is 388 g/mol. The Balaban J connectivity index is 1.36. The van der Waals surface area contributed by atoms with E-state index in [1.165, 1.54) is 6.20 Å². The third kappa shape index (κ3) is 3.43. The molecule has 4 heterocycles. The second kappa shape index (κ2) is 7.68. The molecule has 5 rings (SSSR count). The number of methoxy groups -OCH3 is 1. The van der Waals surface area contributed by atoms with E-state index in [0.29, 0.717) is 49.2 Å². The predicted octanol–water partition coefficient (Wildman–Crippen LogP) is 2.38. The lowest BCUT2D eigenvalue weighted by molar-refractivity contribution is 0.0235. The summed E-state index contributed by atoms with van der Waals surface area (Å²) in [7, 11) is 1.60. The maximum atomic E-state index is 12.9. The fourth-order valence-corrected chi connectivity index (χ4v) is 3.51. The number of fused-ring (bicyclic) bond motifs is 4. The Morgan fingerprint density at radius 1 is 1.27 bits per heavy atom. The monoisotopic (exact) mass is 408 g/mol. The number of benzene rings is 1. The van der Waals surface area contributed by atoms with Crippen molar-refractivity contribution in [1.82, 2.24) is 14.5 Å². The first-order valence-corrected chi connectivity index (χ1v) is 9.58. The van der Waals surface area contributed by atoms with Crippen molar-refractivity contribution in [3.8, 4) is 28.6 Å². The van der Waals surface area contributed by atoms with Gasteiger partial charge in [-0.15, -0.1) is 0 Å². The Bertz CT molecular complexity index is 1100. The van der Waals surface area contributed by atoms with E-state index in [9.17, 15) is 4.79 Å². The molecule has 1 N–H and O–H groups in total. The number of amides is 1. The van der Waals surface area contributed by atoms with Crippen LogP contribution in [0.5, 0.6) is 17.4 Å².